The molecule has 0 fully saturated rings. The molecule has 0 aliphatic rings. The predicted molar refractivity (Wildman–Crippen MR) is 90.4 cm³/mol. The number of para-hydroxylation sites is 1. The van der Waals surface area contributed by atoms with Crippen LogP contribution in [0.3, 0.4) is 0 Å². The van der Waals surface area contributed by atoms with Gasteiger partial charge in [-0.15, -0.1) is 11.3 Å². The number of pyridine rings is 1. The van der Waals surface area contributed by atoms with E-state index in [1.165, 1.54) is 11.3 Å². The van der Waals surface area contributed by atoms with Crippen molar-refractivity contribution in [2.75, 3.05) is 5.32 Å². The highest BCUT2D eigenvalue weighted by atomic mass is 32.1. The number of hydrogen-bond acceptors (Lipinski definition) is 4. The molecule has 5 heteroatoms. The molecule has 0 radical (unpaired) electrons. The molecule has 0 unspecified atom stereocenters. The molecule has 2 N–H and O–H groups in total. The van der Waals surface area contributed by atoms with Gasteiger partial charge < -0.3 is 10.4 Å². The molecule has 0 bridgehead atoms. The van der Waals surface area contributed by atoms with Crippen LogP contribution in [-0.4, -0.2) is 16.1 Å². The Bertz CT molecular complexity index is 855. The quantitative estimate of drug-likeness (QED) is 0.738. The molecule has 22 heavy (non-hydrogen) atoms. The van der Waals surface area contributed by atoms with Gasteiger partial charge in [0.05, 0.1) is 21.6 Å². The number of hydrogen-bond donors (Lipinski definition) is 2. The van der Waals surface area contributed by atoms with Gasteiger partial charge in [0.2, 0.25) is 0 Å². The minimum Gasteiger partial charge on any atom is -0.478 e. The van der Waals surface area contributed by atoms with E-state index < -0.39 is 5.97 Å². The Morgan fingerprint density at radius 1 is 1.32 bits per heavy atom. The number of anilines is 2. The van der Waals surface area contributed by atoms with Crippen LogP contribution in [0.2, 0.25) is 0 Å². The lowest BCUT2D eigenvalue weighted by atomic mass is 10.1. The van der Waals surface area contributed by atoms with Crippen LogP contribution >= 0.6 is 11.3 Å². The van der Waals surface area contributed by atoms with E-state index in [4.69, 9.17) is 0 Å². The molecule has 0 spiro atoms. The van der Waals surface area contributed by atoms with E-state index in [0.29, 0.717) is 17.8 Å². The first-order valence-corrected chi connectivity index (χ1v) is 7.95. The summed E-state index contributed by atoms with van der Waals surface area (Å²) in [6, 6.07) is 9.77. The van der Waals surface area contributed by atoms with Crippen LogP contribution in [0.4, 0.5) is 11.4 Å². The van der Waals surface area contributed by atoms with Crippen molar-refractivity contribution in [2.45, 2.75) is 20.3 Å². The zero-order valence-electron chi connectivity index (χ0n) is 12.4. The van der Waals surface area contributed by atoms with E-state index in [1.807, 2.05) is 49.6 Å². The third-order valence-electron chi connectivity index (χ3n) is 3.62. The van der Waals surface area contributed by atoms with Crippen molar-refractivity contribution in [3.05, 3.63) is 52.5 Å². The van der Waals surface area contributed by atoms with Crippen LogP contribution in [-0.2, 0) is 6.42 Å². The summed E-state index contributed by atoms with van der Waals surface area (Å²) >= 11 is 1.50. The molecule has 0 saturated heterocycles. The lowest BCUT2D eigenvalue weighted by molar-refractivity contribution is 0.0696. The molecule has 3 rings (SSSR count). The molecule has 0 aliphatic carbocycles. The monoisotopic (exact) mass is 312 g/mol. The van der Waals surface area contributed by atoms with E-state index >= 15 is 0 Å². The first-order chi connectivity index (χ1) is 10.6. The maximum atomic E-state index is 11.8. The van der Waals surface area contributed by atoms with Gasteiger partial charge in [-0.25, -0.2) is 4.79 Å². The molecule has 0 saturated carbocycles. The van der Waals surface area contributed by atoms with Crippen molar-refractivity contribution in [2.24, 2.45) is 0 Å². The van der Waals surface area contributed by atoms with Gasteiger partial charge in [-0.1, -0.05) is 25.1 Å². The number of thiophene rings is 1. The molecule has 0 aliphatic heterocycles. The maximum Gasteiger partial charge on any atom is 0.339 e. The van der Waals surface area contributed by atoms with Crippen molar-refractivity contribution in [3.8, 4) is 0 Å². The van der Waals surface area contributed by atoms with Crippen LogP contribution in [0.5, 0.6) is 0 Å². The number of aromatic carboxylic acids is 1. The lowest BCUT2D eigenvalue weighted by Crippen LogP contribution is -2.09. The molecule has 4 nitrogen and oxygen atoms in total. The Morgan fingerprint density at radius 3 is 2.77 bits per heavy atom. The second-order valence-electron chi connectivity index (χ2n) is 5.04. The number of fused-ring (bicyclic) bond motifs is 1. The Labute approximate surface area is 132 Å². The van der Waals surface area contributed by atoms with Crippen molar-refractivity contribution in [1.82, 2.24) is 4.98 Å². The number of carboxylic acid groups (broad SMARTS) is 1. The molecule has 1 aromatic carbocycles. The van der Waals surface area contributed by atoms with E-state index in [-0.39, 0.29) is 5.56 Å². The lowest BCUT2D eigenvalue weighted by Gasteiger charge is -2.15. The Balaban J connectivity index is 2.26. The highest BCUT2D eigenvalue weighted by Crippen LogP contribution is 2.35. The number of nitrogens with zero attached hydrogens (tertiary/aromatic N) is 1. The standard InChI is InChI=1S/C17H16N2O2S/c1-3-11-14(17(20)21)15(16-13(18-11)8-9-22-16)19-12-7-5-4-6-10(12)2/h4-9H,3H2,1-2H3,(H,18,19)(H,20,21). The van der Waals surface area contributed by atoms with Gasteiger partial charge in [-0.05, 0) is 36.4 Å². The fourth-order valence-electron chi connectivity index (χ4n) is 2.49. The number of carboxylic acids is 1. The molecular weight excluding hydrogens is 296 g/mol. The second-order valence-corrected chi connectivity index (χ2v) is 5.96. The van der Waals surface area contributed by atoms with E-state index in [9.17, 15) is 9.90 Å². The van der Waals surface area contributed by atoms with Crippen LogP contribution in [0.25, 0.3) is 10.2 Å². The molecule has 2 aromatic heterocycles. The van der Waals surface area contributed by atoms with Crippen LogP contribution in [0.15, 0.2) is 35.7 Å². The average molecular weight is 312 g/mol. The van der Waals surface area contributed by atoms with Crippen LogP contribution in [0.1, 0.15) is 28.5 Å². The third-order valence-corrected chi connectivity index (χ3v) is 4.54. The zero-order chi connectivity index (χ0) is 15.7. The number of aryl methyl sites for hydroxylation is 2. The normalized spacial score (nSPS) is 10.8. The first-order valence-electron chi connectivity index (χ1n) is 7.07. The largest absolute Gasteiger partial charge is 0.478 e. The summed E-state index contributed by atoms with van der Waals surface area (Å²) in [5, 5.41) is 14.9. The van der Waals surface area contributed by atoms with Gasteiger partial charge in [-0.2, -0.15) is 0 Å². The molecule has 2 heterocycles. The van der Waals surface area contributed by atoms with Gasteiger partial charge in [0, 0.05) is 5.69 Å². The number of benzene rings is 1. The fraction of sp³-hybridized carbons (Fsp3) is 0.176. The number of rotatable bonds is 4. The molecule has 0 atom stereocenters. The number of aromatic nitrogens is 1. The van der Waals surface area contributed by atoms with Crippen molar-refractivity contribution in [1.29, 1.82) is 0 Å². The summed E-state index contributed by atoms with van der Waals surface area (Å²) in [6.07, 6.45) is 0.579. The zero-order valence-corrected chi connectivity index (χ0v) is 13.2. The van der Waals surface area contributed by atoms with Crippen LogP contribution < -0.4 is 5.32 Å². The van der Waals surface area contributed by atoms with Crippen molar-refractivity contribution >= 4 is 38.9 Å². The van der Waals surface area contributed by atoms with Crippen molar-refractivity contribution in [3.63, 3.8) is 0 Å². The van der Waals surface area contributed by atoms with Gasteiger partial charge in [0.1, 0.15) is 5.56 Å². The maximum absolute atomic E-state index is 11.8. The van der Waals surface area contributed by atoms with Gasteiger partial charge in [0.25, 0.3) is 0 Å². The highest BCUT2D eigenvalue weighted by Gasteiger charge is 2.21. The Hall–Kier alpha value is -2.40. The summed E-state index contributed by atoms with van der Waals surface area (Å²) in [4.78, 5) is 16.3. The molecular formula is C17H16N2O2S. The average Bonchev–Trinajstić information content (AvgIpc) is 2.97. The smallest absolute Gasteiger partial charge is 0.339 e. The summed E-state index contributed by atoms with van der Waals surface area (Å²) in [6.45, 7) is 3.92. The summed E-state index contributed by atoms with van der Waals surface area (Å²) in [5.74, 6) is -0.948. The minimum atomic E-state index is -0.948. The first kappa shape index (κ1) is 14.5. The van der Waals surface area contributed by atoms with Crippen molar-refractivity contribution < 1.29 is 9.90 Å². The van der Waals surface area contributed by atoms with E-state index in [0.717, 1.165) is 21.5 Å². The Kier molecular flexibility index (Phi) is 3.81. The summed E-state index contributed by atoms with van der Waals surface area (Å²) < 4.78 is 0.873. The topological polar surface area (TPSA) is 62.2 Å². The second kappa shape index (κ2) is 5.77. The minimum absolute atomic E-state index is 0.265. The Morgan fingerprint density at radius 2 is 2.09 bits per heavy atom. The molecule has 3 aromatic rings. The number of nitrogens with one attached hydrogen (secondary N) is 1. The molecule has 112 valence electrons. The van der Waals surface area contributed by atoms with E-state index in [2.05, 4.69) is 10.3 Å². The van der Waals surface area contributed by atoms with Crippen LogP contribution in [0, 0.1) is 6.92 Å². The summed E-state index contributed by atoms with van der Waals surface area (Å²) in [5.41, 5.74) is 4.32. The fourth-order valence-corrected chi connectivity index (χ4v) is 3.33. The molecule has 0 amide bonds. The van der Waals surface area contributed by atoms with Gasteiger partial charge in [-0.3, -0.25) is 4.98 Å². The predicted octanol–water partition coefficient (Wildman–Crippen LogP) is 4.61. The summed E-state index contributed by atoms with van der Waals surface area (Å²) in [7, 11) is 0. The third kappa shape index (κ3) is 2.44. The number of carbonyl (C=O) groups is 1. The highest BCUT2D eigenvalue weighted by molar-refractivity contribution is 7.17. The van der Waals surface area contributed by atoms with E-state index in [1.54, 1.807) is 0 Å². The van der Waals surface area contributed by atoms with Gasteiger partial charge >= 0.3 is 5.97 Å². The SMILES string of the molecule is CCc1nc2ccsc2c(Nc2ccccc2C)c1C(=O)O. The van der Waals surface area contributed by atoms with Gasteiger partial charge in [0.15, 0.2) is 0 Å².